The summed E-state index contributed by atoms with van der Waals surface area (Å²) in [5.74, 6) is -0.702. The number of rotatable bonds is 4. The highest BCUT2D eigenvalue weighted by molar-refractivity contribution is 5.98. The third-order valence-corrected chi connectivity index (χ3v) is 7.43. The van der Waals surface area contributed by atoms with Gasteiger partial charge in [0.15, 0.2) is 5.65 Å². The van der Waals surface area contributed by atoms with Gasteiger partial charge >= 0.3 is 11.8 Å². The van der Waals surface area contributed by atoms with Crippen LogP contribution in [0, 0.1) is 15.9 Å². The van der Waals surface area contributed by atoms with Crippen molar-refractivity contribution in [3.63, 3.8) is 0 Å². The molecule has 0 radical (unpaired) electrons. The lowest BCUT2D eigenvalue weighted by molar-refractivity contribution is -0.387. The van der Waals surface area contributed by atoms with Crippen molar-refractivity contribution in [2.75, 3.05) is 31.9 Å². The number of piperazine rings is 1. The molecule has 2 aliphatic rings. The largest absolute Gasteiger partial charge is 0.444 e. The molecule has 13 heteroatoms. The SMILES string of the molecule is CC(C)(C)OC(=O)N1CCN(C2CCC(n3nc(-c4ccc(F)c([N+](=O)[O-])c4)c4c(N)ncnc43)CC2)CC1. The van der Waals surface area contributed by atoms with Gasteiger partial charge in [-0.05, 0) is 58.6 Å². The molecule has 1 saturated carbocycles. The monoisotopic (exact) mass is 540 g/mol. The number of ether oxygens (including phenoxy) is 1. The normalized spacial score (nSPS) is 20.8. The van der Waals surface area contributed by atoms with Crippen LogP contribution in [-0.2, 0) is 4.74 Å². The third-order valence-electron chi connectivity index (χ3n) is 7.43. The number of fused-ring (bicyclic) bond motifs is 1. The first kappa shape index (κ1) is 26.7. The lowest BCUT2D eigenvalue weighted by Crippen LogP contribution is -2.53. The van der Waals surface area contributed by atoms with Crippen LogP contribution < -0.4 is 5.73 Å². The molecule has 0 unspecified atom stereocenters. The average Bonchev–Trinajstić information content (AvgIpc) is 3.29. The number of nitro groups is 1. The number of nitro benzene ring substituents is 1. The standard InChI is InChI=1S/C26H33FN8O4/c1-26(2,3)39-25(36)33-12-10-32(11-13-33)17-5-7-18(8-6-17)34-24-21(23(28)29-15-30-24)22(31-34)16-4-9-19(27)20(14-16)35(37)38/h4,9,14-15,17-18H,5-8,10-13H2,1-3H3,(H2,28,29,30). The maximum atomic E-state index is 14.0. The van der Waals surface area contributed by atoms with Crippen LogP contribution in [0.4, 0.5) is 20.7 Å². The number of amides is 1. The Labute approximate surface area is 225 Å². The molecule has 39 heavy (non-hydrogen) atoms. The molecule has 3 heterocycles. The van der Waals surface area contributed by atoms with Crippen molar-refractivity contribution in [2.45, 2.75) is 64.1 Å². The first-order chi connectivity index (χ1) is 18.5. The van der Waals surface area contributed by atoms with Crippen molar-refractivity contribution in [3.05, 3.63) is 40.5 Å². The Kier molecular flexibility index (Phi) is 7.10. The molecule has 1 aliphatic heterocycles. The van der Waals surface area contributed by atoms with E-state index in [0.717, 1.165) is 44.8 Å². The van der Waals surface area contributed by atoms with E-state index in [1.54, 1.807) is 4.90 Å². The molecule has 3 aromatic rings. The maximum Gasteiger partial charge on any atom is 0.410 e. The number of nitrogen functional groups attached to an aromatic ring is 1. The molecule has 2 N–H and O–H groups in total. The molecule has 0 atom stereocenters. The predicted octanol–water partition coefficient (Wildman–Crippen LogP) is 4.16. The van der Waals surface area contributed by atoms with Crippen molar-refractivity contribution < 1.29 is 18.8 Å². The van der Waals surface area contributed by atoms with Gasteiger partial charge in [0.05, 0.1) is 16.4 Å². The number of nitrogens with zero attached hydrogens (tertiary/aromatic N) is 7. The van der Waals surface area contributed by atoms with E-state index in [4.69, 9.17) is 15.6 Å². The zero-order valence-electron chi connectivity index (χ0n) is 22.3. The fourth-order valence-corrected chi connectivity index (χ4v) is 5.52. The smallest absolute Gasteiger partial charge is 0.410 e. The van der Waals surface area contributed by atoms with E-state index in [2.05, 4.69) is 14.9 Å². The van der Waals surface area contributed by atoms with Gasteiger partial charge in [0, 0.05) is 43.9 Å². The van der Waals surface area contributed by atoms with E-state index in [0.29, 0.717) is 41.4 Å². The Balaban J connectivity index is 1.30. The molecule has 0 spiro atoms. The Hall–Kier alpha value is -3.87. The summed E-state index contributed by atoms with van der Waals surface area (Å²) in [6, 6.07) is 4.15. The van der Waals surface area contributed by atoms with Gasteiger partial charge in [-0.25, -0.2) is 19.4 Å². The highest BCUT2D eigenvalue weighted by Gasteiger charge is 2.33. The lowest BCUT2D eigenvalue weighted by Gasteiger charge is -2.42. The van der Waals surface area contributed by atoms with E-state index in [1.807, 2.05) is 25.5 Å². The number of nitrogens with two attached hydrogens (primary N) is 1. The van der Waals surface area contributed by atoms with E-state index in [1.165, 1.54) is 18.5 Å². The van der Waals surface area contributed by atoms with Crippen LogP contribution in [0.15, 0.2) is 24.5 Å². The van der Waals surface area contributed by atoms with Crippen LogP contribution in [0.5, 0.6) is 0 Å². The number of benzene rings is 1. The minimum Gasteiger partial charge on any atom is -0.444 e. The summed E-state index contributed by atoms with van der Waals surface area (Å²) in [6.07, 6.45) is 4.75. The van der Waals surface area contributed by atoms with Crippen molar-refractivity contribution in [1.29, 1.82) is 0 Å². The van der Waals surface area contributed by atoms with Crippen molar-refractivity contribution in [1.82, 2.24) is 29.5 Å². The van der Waals surface area contributed by atoms with Gasteiger partial charge < -0.3 is 15.4 Å². The fraction of sp³-hybridized carbons (Fsp3) is 0.538. The molecule has 2 fully saturated rings. The van der Waals surface area contributed by atoms with E-state index in [-0.39, 0.29) is 18.0 Å². The summed E-state index contributed by atoms with van der Waals surface area (Å²) >= 11 is 0. The Morgan fingerprint density at radius 2 is 1.77 bits per heavy atom. The second kappa shape index (κ2) is 10.4. The lowest BCUT2D eigenvalue weighted by atomic mass is 9.90. The quantitative estimate of drug-likeness (QED) is 0.381. The predicted molar refractivity (Wildman–Crippen MR) is 142 cm³/mol. The first-order valence-corrected chi connectivity index (χ1v) is 13.2. The average molecular weight is 541 g/mol. The zero-order chi connectivity index (χ0) is 27.9. The number of hydrogen-bond acceptors (Lipinski definition) is 9. The number of hydrogen-bond donors (Lipinski definition) is 1. The number of halogens is 1. The zero-order valence-corrected chi connectivity index (χ0v) is 22.3. The maximum absolute atomic E-state index is 14.0. The van der Waals surface area contributed by atoms with Gasteiger partial charge in [-0.2, -0.15) is 9.49 Å². The van der Waals surface area contributed by atoms with E-state index in [9.17, 15) is 19.3 Å². The topological polar surface area (TPSA) is 146 Å². The molecule has 1 aliphatic carbocycles. The molecule has 1 amide bonds. The summed E-state index contributed by atoms with van der Waals surface area (Å²) in [7, 11) is 0. The Morgan fingerprint density at radius 3 is 2.41 bits per heavy atom. The van der Waals surface area contributed by atoms with E-state index < -0.39 is 22.0 Å². The van der Waals surface area contributed by atoms with Crippen molar-refractivity contribution in [3.8, 4) is 11.3 Å². The van der Waals surface area contributed by atoms with Gasteiger partial charge in [0.1, 0.15) is 23.4 Å². The highest BCUT2D eigenvalue weighted by Crippen LogP contribution is 2.38. The molecular formula is C26H33FN8O4. The summed E-state index contributed by atoms with van der Waals surface area (Å²) in [4.78, 5) is 35.7. The summed E-state index contributed by atoms with van der Waals surface area (Å²) < 4.78 is 21.3. The minimum atomic E-state index is -0.915. The van der Waals surface area contributed by atoms with Crippen molar-refractivity contribution in [2.24, 2.45) is 0 Å². The molecule has 5 rings (SSSR count). The molecule has 1 saturated heterocycles. The number of aromatic nitrogens is 4. The van der Waals surface area contributed by atoms with E-state index >= 15 is 0 Å². The molecule has 1 aromatic carbocycles. The van der Waals surface area contributed by atoms with Gasteiger partial charge in [-0.15, -0.1) is 0 Å². The number of carbonyl (C=O) groups excluding carboxylic acids is 1. The summed E-state index contributed by atoms with van der Waals surface area (Å²) in [5.41, 5.74) is 6.39. The highest BCUT2D eigenvalue weighted by atomic mass is 19.1. The summed E-state index contributed by atoms with van der Waals surface area (Å²) in [5, 5.41) is 16.6. The second-order valence-electron chi connectivity index (χ2n) is 11.1. The molecule has 12 nitrogen and oxygen atoms in total. The van der Waals surface area contributed by atoms with Gasteiger partial charge in [-0.3, -0.25) is 15.0 Å². The van der Waals surface area contributed by atoms with Crippen LogP contribution in [0.2, 0.25) is 0 Å². The van der Waals surface area contributed by atoms with Gasteiger partial charge in [-0.1, -0.05) is 0 Å². The minimum absolute atomic E-state index is 0.0605. The molecule has 0 bridgehead atoms. The molecular weight excluding hydrogens is 507 g/mol. The first-order valence-electron chi connectivity index (χ1n) is 13.2. The van der Waals surface area contributed by atoms with Crippen molar-refractivity contribution >= 4 is 28.6 Å². The van der Waals surface area contributed by atoms with Crippen LogP contribution >= 0.6 is 0 Å². The number of carbonyl (C=O) groups is 1. The Bertz CT molecular complexity index is 1390. The second-order valence-corrected chi connectivity index (χ2v) is 11.1. The van der Waals surface area contributed by atoms with Crippen LogP contribution in [0.25, 0.3) is 22.3 Å². The number of anilines is 1. The van der Waals surface area contributed by atoms with Crippen LogP contribution in [-0.4, -0.2) is 78.4 Å². The molecule has 208 valence electrons. The van der Waals surface area contributed by atoms with Gasteiger partial charge in [0.2, 0.25) is 5.82 Å². The fourth-order valence-electron chi connectivity index (χ4n) is 5.52. The Morgan fingerprint density at radius 1 is 1.10 bits per heavy atom. The van der Waals surface area contributed by atoms with Gasteiger partial charge in [0.25, 0.3) is 0 Å². The molecule has 2 aromatic heterocycles. The third kappa shape index (κ3) is 5.49. The van der Waals surface area contributed by atoms with Crippen LogP contribution in [0.1, 0.15) is 52.5 Å². The van der Waals surface area contributed by atoms with Crippen LogP contribution in [0.3, 0.4) is 0 Å². The summed E-state index contributed by atoms with van der Waals surface area (Å²) in [6.45, 7) is 8.50.